The van der Waals surface area contributed by atoms with Crippen molar-refractivity contribution in [1.29, 1.82) is 0 Å². The Bertz CT molecular complexity index is 498. The van der Waals surface area contributed by atoms with Gasteiger partial charge in [-0.25, -0.2) is 0 Å². The zero-order chi connectivity index (χ0) is 14.0. The van der Waals surface area contributed by atoms with Gasteiger partial charge in [-0.2, -0.15) is 0 Å². The number of benzene rings is 1. The first-order chi connectivity index (χ1) is 8.95. The van der Waals surface area contributed by atoms with E-state index in [4.69, 9.17) is 5.11 Å². The van der Waals surface area contributed by atoms with E-state index in [2.05, 4.69) is 31.9 Å². The van der Waals surface area contributed by atoms with Crippen LogP contribution in [0.1, 0.15) is 23.2 Å². The second-order valence-electron chi connectivity index (χ2n) is 4.66. The van der Waals surface area contributed by atoms with Crippen LogP contribution in [0, 0.1) is 5.92 Å². The molecule has 0 aromatic heterocycles. The minimum Gasteiger partial charge on any atom is -0.481 e. The van der Waals surface area contributed by atoms with Crippen LogP contribution in [0.25, 0.3) is 0 Å². The second kappa shape index (κ2) is 6.05. The van der Waals surface area contributed by atoms with E-state index in [9.17, 15) is 9.59 Å². The minimum atomic E-state index is -0.801. The molecule has 19 heavy (non-hydrogen) atoms. The summed E-state index contributed by atoms with van der Waals surface area (Å²) in [5, 5.41) is 8.77. The first-order valence-electron chi connectivity index (χ1n) is 5.93. The molecule has 0 saturated carbocycles. The van der Waals surface area contributed by atoms with Crippen molar-refractivity contribution >= 4 is 43.7 Å². The maximum atomic E-state index is 12.3. The number of carbonyl (C=O) groups excluding carboxylic acids is 1. The van der Waals surface area contributed by atoms with E-state index < -0.39 is 5.97 Å². The molecular formula is C13H13Br2NO3. The summed E-state index contributed by atoms with van der Waals surface area (Å²) in [6.45, 7) is 1.15. The molecule has 1 heterocycles. The third kappa shape index (κ3) is 3.79. The van der Waals surface area contributed by atoms with E-state index in [0.29, 0.717) is 18.7 Å². The lowest BCUT2D eigenvalue weighted by atomic mass is 10.1. The molecule has 4 nitrogen and oxygen atoms in total. The first kappa shape index (κ1) is 14.5. The van der Waals surface area contributed by atoms with Crippen molar-refractivity contribution in [1.82, 2.24) is 4.90 Å². The smallest absolute Gasteiger partial charge is 0.303 e. The van der Waals surface area contributed by atoms with Gasteiger partial charge in [0.25, 0.3) is 5.91 Å². The van der Waals surface area contributed by atoms with Crippen LogP contribution in [0.2, 0.25) is 0 Å². The van der Waals surface area contributed by atoms with Crippen molar-refractivity contribution in [3.05, 3.63) is 32.7 Å². The second-order valence-corrected chi connectivity index (χ2v) is 6.49. The zero-order valence-corrected chi connectivity index (χ0v) is 13.3. The molecule has 2 rings (SSSR count). The van der Waals surface area contributed by atoms with Gasteiger partial charge < -0.3 is 10.0 Å². The summed E-state index contributed by atoms with van der Waals surface area (Å²) in [6.07, 6.45) is 0.888. The van der Waals surface area contributed by atoms with Crippen LogP contribution in [0.4, 0.5) is 0 Å². The summed E-state index contributed by atoms with van der Waals surface area (Å²) in [6, 6.07) is 5.42. The highest BCUT2D eigenvalue weighted by Gasteiger charge is 2.28. The van der Waals surface area contributed by atoms with Gasteiger partial charge in [-0.15, -0.1) is 0 Å². The highest BCUT2D eigenvalue weighted by Crippen LogP contribution is 2.25. The van der Waals surface area contributed by atoms with E-state index in [1.54, 1.807) is 17.0 Å². The van der Waals surface area contributed by atoms with Gasteiger partial charge in [0, 0.05) is 34.0 Å². The van der Waals surface area contributed by atoms with Crippen molar-refractivity contribution in [2.75, 3.05) is 13.1 Å². The topological polar surface area (TPSA) is 57.6 Å². The average Bonchev–Trinajstić information content (AvgIpc) is 2.74. The van der Waals surface area contributed by atoms with Gasteiger partial charge in [-0.05, 0) is 30.5 Å². The van der Waals surface area contributed by atoms with Gasteiger partial charge in [-0.3, -0.25) is 9.59 Å². The van der Waals surface area contributed by atoms with Crippen LogP contribution < -0.4 is 0 Å². The predicted octanol–water partition coefficient (Wildman–Crippen LogP) is 3.15. The molecule has 0 aliphatic carbocycles. The number of aliphatic carboxylic acids is 1. The van der Waals surface area contributed by atoms with E-state index in [0.717, 1.165) is 15.4 Å². The molecule has 1 atom stereocenters. The summed E-state index contributed by atoms with van der Waals surface area (Å²) >= 11 is 6.71. The van der Waals surface area contributed by atoms with Gasteiger partial charge >= 0.3 is 5.97 Å². The molecule has 1 N–H and O–H groups in total. The van der Waals surface area contributed by atoms with Gasteiger partial charge in [0.15, 0.2) is 0 Å². The molecule has 1 aliphatic rings. The lowest BCUT2D eigenvalue weighted by Crippen LogP contribution is -2.29. The van der Waals surface area contributed by atoms with Gasteiger partial charge in [-0.1, -0.05) is 31.9 Å². The Kier molecular flexibility index (Phi) is 4.62. The molecule has 1 saturated heterocycles. The number of carbonyl (C=O) groups is 2. The van der Waals surface area contributed by atoms with Crippen LogP contribution >= 0.6 is 31.9 Å². The number of hydrogen-bond acceptors (Lipinski definition) is 2. The van der Waals surface area contributed by atoms with Crippen LogP contribution in [-0.4, -0.2) is 35.0 Å². The maximum Gasteiger partial charge on any atom is 0.303 e. The number of carboxylic acid groups (broad SMARTS) is 1. The third-order valence-corrected chi connectivity index (χ3v) is 4.06. The number of nitrogens with zero attached hydrogens (tertiary/aromatic N) is 1. The molecule has 1 amide bonds. The summed E-state index contributed by atoms with van der Waals surface area (Å²) in [5.41, 5.74) is 0.609. The quantitative estimate of drug-likeness (QED) is 0.862. The fourth-order valence-electron chi connectivity index (χ4n) is 2.29. The molecule has 1 aliphatic heterocycles. The van der Waals surface area contributed by atoms with Crippen LogP contribution in [0.3, 0.4) is 0 Å². The Hall–Kier alpha value is -0.880. The van der Waals surface area contributed by atoms with Gasteiger partial charge in [0.05, 0.1) is 0 Å². The molecule has 102 valence electrons. The molecule has 1 fully saturated rings. The monoisotopic (exact) mass is 389 g/mol. The number of carboxylic acids is 1. The Balaban J connectivity index is 2.06. The van der Waals surface area contributed by atoms with Crippen LogP contribution in [0.15, 0.2) is 27.1 Å². The number of amides is 1. The number of rotatable bonds is 3. The van der Waals surface area contributed by atoms with Crippen LogP contribution in [0.5, 0.6) is 0 Å². The van der Waals surface area contributed by atoms with Crippen molar-refractivity contribution in [2.45, 2.75) is 12.8 Å². The average molecular weight is 391 g/mol. The predicted molar refractivity (Wildman–Crippen MR) is 78.1 cm³/mol. The fourth-order valence-corrected chi connectivity index (χ4v) is 3.58. The summed E-state index contributed by atoms with van der Waals surface area (Å²) in [5.74, 6) is -0.781. The van der Waals surface area contributed by atoms with E-state index in [1.807, 2.05) is 6.07 Å². The largest absolute Gasteiger partial charge is 0.481 e. The third-order valence-electron chi connectivity index (χ3n) is 3.15. The highest BCUT2D eigenvalue weighted by atomic mass is 79.9. The van der Waals surface area contributed by atoms with Gasteiger partial charge in [0.2, 0.25) is 0 Å². The van der Waals surface area contributed by atoms with E-state index in [1.165, 1.54) is 0 Å². The summed E-state index contributed by atoms with van der Waals surface area (Å²) < 4.78 is 1.68. The van der Waals surface area contributed by atoms with E-state index in [-0.39, 0.29) is 18.2 Å². The SMILES string of the molecule is O=C(O)CC1CCN(C(=O)c2cc(Br)cc(Br)c2)C1. The summed E-state index contributed by atoms with van der Waals surface area (Å²) in [4.78, 5) is 24.7. The van der Waals surface area contributed by atoms with Crippen molar-refractivity contribution in [2.24, 2.45) is 5.92 Å². The number of likely N-dealkylation sites (tertiary alicyclic amines) is 1. The Morgan fingerprint density at radius 2 is 1.89 bits per heavy atom. The molecular weight excluding hydrogens is 378 g/mol. The maximum absolute atomic E-state index is 12.3. The molecule has 1 aromatic rings. The molecule has 1 unspecified atom stereocenters. The standard InChI is InChI=1S/C13H13Br2NO3/c14-10-4-9(5-11(15)6-10)13(19)16-2-1-8(7-16)3-12(17)18/h4-6,8H,1-3,7H2,(H,17,18). The molecule has 0 radical (unpaired) electrons. The van der Waals surface area contributed by atoms with Gasteiger partial charge in [0.1, 0.15) is 0 Å². The molecule has 0 bridgehead atoms. The Labute approximate surface area is 128 Å². The number of hydrogen-bond donors (Lipinski definition) is 1. The Morgan fingerprint density at radius 1 is 1.26 bits per heavy atom. The molecule has 6 heteroatoms. The molecule has 0 spiro atoms. The van der Waals surface area contributed by atoms with Crippen molar-refractivity contribution < 1.29 is 14.7 Å². The highest BCUT2D eigenvalue weighted by molar-refractivity contribution is 9.11. The lowest BCUT2D eigenvalue weighted by molar-refractivity contribution is -0.138. The lowest BCUT2D eigenvalue weighted by Gasteiger charge is -2.16. The van der Waals surface area contributed by atoms with Crippen molar-refractivity contribution in [3.8, 4) is 0 Å². The zero-order valence-electron chi connectivity index (χ0n) is 10.1. The first-order valence-corrected chi connectivity index (χ1v) is 7.51. The summed E-state index contributed by atoms with van der Waals surface area (Å²) in [7, 11) is 0. The van der Waals surface area contributed by atoms with Crippen molar-refractivity contribution in [3.63, 3.8) is 0 Å². The molecule has 1 aromatic carbocycles. The van der Waals surface area contributed by atoms with E-state index >= 15 is 0 Å². The minimum absolute atomic E-state index is 0.0464. The number of halogens is 2. The fraction of sp³-hybridized carbons (Fsp3) is 0.385. The Morgan fingerprint density at radius 3 is 2.47 bits per heavy atom. The normalized spacial score (nSPS) is 18.6. The van der Waals surface area contributed by atoms with Crippen LogP contribution in [-0.2, 0) is 4.79 Å².